The van der Waals surface area contributed by atoms with E-state index in [1.807, 2.05) is 7.05 Å². The van der Waals surface area contributed by atoms with Crippen LogP contribution in [0.5, 0.6) is 0 Å². The van der Waals surface area contributed by atoms with E-state index in [9.17, 15) is 9.59 Å². The highest BCUT2D eigenvalue weighted by Gasteiger charge is 2.26. The SMILES string of the molecule is CNCC1CCCN(C(=O)c2ccc(C(=O)O)o2)C1. The van der Waals surface area contributed by atoms with Crippen LogP contribution in [0.15, 0.2) is 16.5 Å². The number of hydrogen-bond donors (Lipinski definition) is 2. The molecule has 1 unspecified atom stereocenters. The van der Waals surface area contributed by atoms with Crippen LogP contribution in [0.4, 0.5) is 0 Å². The third-order valence-corrected chi connectivity index (χ3v) is 3.33. The van der Waals surface area contributed by atoms with Gasteiger partial charge in [0.05, 0.1) is 0 Å². The number of carboxylic acids is 1. The van der Waals surface area contributed by atoms with Crippen LogP contribution in [-0.2, 0) is 0 Å². The monoisotopic (exact) mass is 266 g/mol. The molecule has 19 heavy (non-hydrogen) atoms. The van der Waals surface area contributed by atoms with Crippen molar-refractivity contribution in [3.8, 4) is 0 Å². The Morgan fingerprint density at radius 2 is 2.21 bits per heavy atom. The number of furan rings is 1. The van der Waals surface area contributed by atoms with E-state index < -0.39 is 5.97 Å². The molecule has 2 rings (SSSR count). The predicted octanol–water partition coefficient (Wildman–Crippen LogP) is 1.05. The summed E-state index contributed by atoms with van der Waals surface area (Å²) in [4.78, 5) is 24.7. The van der Waals surface area contributed by atoms with Crippen molar-refractivity contribution in [1.29, 1.82) is 0 Å². The van der Waals surface area contributed by atoms with Crippen molar-refractivity contribution in [3.63, 3.8) is 0 Å². The fraction of sp³-hybridized carbons (Fsp3) is 0.538. The van der Waals surface area contributed by atoms with E-state index in [-0.39, 0.29) is 17.4 Å². The van der Waals surface area contributed by atoms with Gasteiger partial charge in [-0.15, -0.1) is 0 Å². The molecule has 1 atom stereocenters. The van der Waals surface area contributed by atoms with Crippen molar-refractivity contribution >= 4 is 11.9 Å². The molecule has 1 fully saturated rings. The smallest absolute Gasteiger partial charge is 0.371 e. The molecule has 0 bridgehead atoms. The highest BCUT2D eigenvalue weighted by Crippen LogP contribution is 2.19. The fourth-order valence-corrected chi connectivity index (χ4v) is 2.43. The zero-order chi connectivity index (χ0) is 13.8. The summed E-state index contributed by atoms with van der Waals surface area (Å²) in [7, 11) is 1.90. The average molecular weight is 266 g/mol. The number of amides is 1. The van der Waals surface area contributed by atoms with E-state index in [2.05, 4.69) is 5.32 Å². The van der Waals surface area contributed by atoms with Crippen LogP contribution in [0.3, 0.4) is 0 Å². The molecular formula is C13H18N2O4. The zero-order valence-electron chi connectivity index (χ0n) is 10.9. The largest absolute Gasteiger partial charge is 0.475 e. The Bertz CT molecular complexity index is 467. The number of likely N-dealkylation sites (tertiary alicyclic amines) is 1. The van der Waals surface area contributed by atoms with E-state index >= 15 is 0 Å². The summed E-state index contributed by atoms with van der Waals surface area (Å²) in [6.45, 7) is 2.26. The van der Waals surface area contributed by atoms with Crippen molar-refractivity contribution in [2.24, 2.45) is 5.92 Å². The van der Waals surface area contributed by atoms with E-state index in [1.165, 1.54) is 12.1 Å². The molecule has 1 aromatic heterocycles. The summed E-state index contributed by atoms with van der Waals surface area (Å²) in [6, 6.07) is 2.73. The van der Waals surface area contributed by atoms with Gasteiger partial charge in [-0.3, -0.25) is 4.79 Å². The van der Waals surface area contributed by atoms with Gasteiger partial charge in [0.1, 0.15) is 0 Å². The molecule has 0 aromatic carbocycles. The number of nitrogens with one attached hydrogen (secondary N) is 1. The first-order valence-corrected chi connectivity index (χ1v) is 6.39. The summed E-state index contributed by atoms with van der Waals surface area (Å²) < 4.78 is 5.05. The third kappa shape index (κ3) is 3.14. The third-order valence-electron chi connectivity index (χ3n) is 3.33. The Balaban J connectivity index is 2.03. The van der Waals surface area contributed by atoms with Gasteiger partial charge in [0.2, 0.25) is 5.76 Å². The second kappa shape index (κ2) is 5.88. The highest BCUT2D eigenvalue weighted by molar-refractivity contribution is 5.93. The molecule has 104 valence electrons. The van der Waals surface area contributed by atoms with Gasteiger partial charge < -0.3 is 19.7 Å². The lowest BCUT2D eigenvalue weighted by Crippen LogP contribution is -2.42. The van der Waals surface area contributed by atoms with Gasteiger partial charge in [-0.1, -0.05) is 0 Å². The minimum absolute atomic E-state index is 0.0995. The highest BCUT2D eigenvalue weighted by atomic mass is 16.4. The van der Waals surface area contributed by atoms with Crippen LogP contribution in [0, 0.1) is 5.92 Å². The first kappa shape index (κ1) is 13.6. The number of carbonyl (C=O) groups excluding carboxylic acids is 1. The molecule has 2 N–H and O–H groups in total. The number of carboxylic acid groups (broad SMARTS) is 1. The molecule has 2 heterocycles. The number of aromatic carboxylic acids is 1. The number of hydrogen-bond acceptors (Lipinski definition) is 4. The van der Waals surface area contributed by atoms with Crippen LogP contribution >= 0.6 is 0 Å². The Hall–Kier alpha value is -1.82. The average Bonchev–Trinajstić information content (AvgIpc) is 2.88. The summed E-state index contributed by atoms with van der Waals surface area (Å²) in [6.07, 6.45) is 2.06. The second-order valence-electron chi connectivity index (χ2n) is 4.79. The molecule has 1 saturated heterocycles. The topological polar surface area (TPSA) is 82.8 Å². The molecule has 0 spiro atoms. The predicted molar refractivity (Wildman–Crippen MR) is 68.2 cm³/mol. The quantitative estimate of drug-likeness (QED) is 0.851. The Morgan fingerprint density at radius 1 is 1.47 bits per heavy atom. The second-order valence-corrected chi connectivity index (χ2v) is 4.79. The summed E-state index contributed by atoms with van der Waals surface area (Å²) >= 11 is 0. The molecule has 1 amide bonds. The lowest BCUT2D eigenvalue weighted by molar-refractivity contribution is 0.0619. The summed E-state index contributed by atoms with van der Waals surface area (Å²) in [5, 5.41) is 11.9. The maximum atomic E-state index is 12.2. The van der Waals surface area contributed by atoms with Crippen LogP contribution in [0.25, 0.3) is 0 Å². The van der Waals surface area contributed by atoms with Gasteiger partial charge in [-0.25, -0.2) is 4.79 Å². The van der Waals surface area contributed by atoms with Crippen LogP contribution < -0.4 is 5.32 Å². The number of carbonyl (C=O) groups is 2. The molecular weight excluding hydrogens is 248 g/mol. The molecule has 6 heteroatoms. The summed E-state index contributed by atoms with van der Waals surface area (Å²) in [5.41, 5.74) is 0. The first-order chi connectivity index (χ1) is 9.11. The van der Waals surface area contributed by atoms with E-state index in [1.54, 1.807) is 4.90 Å². The van der Waals surface area contributed by atoms with Gasteiger partial charge >= 0.3 is 5.97 Å². The molecule has 1 aliphatic heterocycles. The van der Waals surface area contributed by atoms with Gasteiger partial charge in [0.15, 0.2) is 5.76 Å². The molecule has 0 radical (unpaired) electrons. The standard InChI is InChI=1S/C13H18N2O4/c1-14-7-9-3-2-6-15(8-9)12(16)10-4-5-11(19-10)13(17)18/h4-5,9,14H,2-3,6-8H2,1H3,(H,17,18). The van der Waals surface area contributed by atoms with E-state index in [0.29, 0.717) is 19.0 Å². The zero-order valence-corrected chi connectivity index (χ0v) is 10.9. The maximum Gasteiger partial charge on any atom is 0.371 e. The van der Waals surface area contributed by atoms with Crippen molar-refractivity contribution in [1.82, 2.24) is 10.2 Å². The van der Waals surface area contributed by atoms with Crippen LogP contribution in [0.1, 0.15) is 34.0 Å². The molecule has 0 saturated carbocycles. The van der Waals surface area contributed by atoms with E-state index in [4.69, 9.17) is 9.52 Å². The normalized spacial score (nSPS) is 19.4. The minimum Gasteiger partial charge on any atom is -0.475 e. The van der Waals surface area contributed by atoms with Crippen LogP contribution in [-0.4, -0.2) is 48.6 Å². The molecule has 0 aliphatic carbocycles. The Labute approximate surface area is 111 Å². The first-order valence-electron chi connectivity index (χ1n) is 6.39. The molecule has 1 aliphatic rings. The van der Waals surface area contributed by atoms with Crippen LogP contribution in [0.2, 0.25) is 0 Å². The van der Waals surface area contributed by atoms with Crippen molar-refractivity contribution in [2.45, 2.75) is 12.8 Å². The number of piperidine rings is 1. The van der Waals surface area contributed by atoms with Gasteiger partial charge in [-0.2, -0.15) is 0 Å². The molecule has 1 aromatic rings. The molecule has 6 nitrogen and oxygen atoms in total. The van der Waals surface area contributed by atoms with Crippen molar-refractivity contribution < 1.29 is 19.1 Å². The number of nitrogens with zero attached hydrogens (tertiary/aromatic N) is 1. The Kier molecular flexibility index (Phi) is 4.21. The minimum atomic E-state index is -1.16. The van der Waals surface area contributed by atoms with Gasteiger partial charge in [-0.05, 0) is 44.5 Å². The fourth-order valence-electron chi connectivity index (χ4n) is 2.43. The van der Waals surface area contributed by atoms with Crippen molar-refractivity contribution in [2.75, 3.05) is 26.7 Å². The lowest BCUT2D eigenvalue weighted by atomic mass is 9.98. The Morgan fingerprint density at radius 3 is 2.84 bits per heavy atom. The number of rotatable bonds is 4. The van der Waals surface area contributed by atoms with Gasteiger partial charge in [0.25, 0.3) is 5.91 Å². The van der Waals surface area contributed by atoms with Crippen molar-refractivity contribution in [3.05, 3.63) is 23.7 Å². The van der Waals surface area contributed by atoms with Gasteiger partial charge in [0, 0.05) is 13.1 Å². The summed E-state index contributed by atoms with van der Waals surface area (Å²) in [5.74, 6) is -1.05. The maximum absolute atomic E-state index is 12.2. The van der Waals surface area contributed by atoms with E-state index in [0.717, 1.165) is 19.4 Å². The lowest BCUT2D eigenvalue weighted by Gasteiger charge is -2.32.